The molecule has 0 spiro atoms. The van der Waals surface area contributed by atoms with Crippen LogP contribution in [-0.4, -0.2) is 70.9 Å². The number of rotatable bonds is 4. The summed E-state index contributed by atoms with van der Waals surface area (Å²) in [5.74, 6) is 0. The highest BCUT2D eigenvalue weighted by molar-refractivity contribution is 5.53. The van der Waals surface area contributed by atoms with Crippen molar-refractivity contribution in [3.8, 4) is 0 Å². The largest absolute Gasteiger partial charge is 0.377 e. The topological polar surface area (TPSA) is 108 Å². The normalized spacial score (nSPS) is 17.6. The third-order valence-electron chi connectivity index (χ3n) is 4.68. The fraction of sp³-hybridized carbons (Fsp3) is 0.455. The second-order valence-corrected chi connectivity index (χ2v) is 6.93. The maximum atomic E-state index is 10.7. The average molecular weight is 444 g/mol. The second kappa shape index (κ2) is 13.5. The van der Waals surface area contributed by atoms with E-state index < -0.39 is 4.92 Å². The Morgan fingerprint density at radius 2 is 1.06 bits per heavy atom. The molecule has 2 aromatic carbocycles. The van der Waals surface area contributed by atoms with E-state index in [2.05, 4.69) is 15.1 Å². The van der Waals surface area contributed by atoms with Gasteiger partial charge in [0.25, 0.3) is 5.69 Å². The van der Waals surface area contributed by atoms with Crippen molar-refractivity contribution in [1.29, 1.82) is 0 Å². The van der Waals surface area contributed by atoms with Gasteiger partial charge in [0.15, 0.2) is 0 Å². The van der Waals surface area contributed by atoms with Crippen LogP contribution in [0.25, 0.3) is 0 Å². The molecule has 172 valence electrons. The predicted octanol–water partition coefficient (Wildman–Crippen LogP) is 3.90. The summed E-state index contributed by atoms with van der Waals surface area (Å²) < 4.78 is 22.2. The number of nitro benzene ring substituents is 1. The molecular weight excluding hydrogens is 416 g/mol. The van der Waals surface area contributed by atoms with Crippen molar-refractivity contribution in [2.45, 2.75) is 0 Å². The summed E-state index contributed by atoms with van der Waals surface area (Å²) in [5, 5.41) is 19.1. The van der Waals surface area contributed by atoms with Crippen LogP contribution in [0.2, 0.25) is 0 Å². The van der Waals surface area contributed by atoms with E-state index in [1.807, 2.05) is 24.3 Å². The molecule has 0 radical (unpaired) electrons. The van der Waals surface area contributed by atoms with Crippen LogP contribution < -0.4 is 4.90 Å². The Balaban J connectivity index is 1.57. The number of anilines is 1. The molecule has 1 aliphatic heterocycles. The Morgan fingerprint density at radius 1 is 0.656 bits per heavy atom. The van der Waals surface area contributed by atoms with Crippen molar-refractivity contribution >= 4 is 22.7 Å². The zero-order valence-corrected chi connectivity index (χ0v) is 17.9. The molecule has 0 bridgehead atoms. The molecule has 32 heavy (non-hydrogen) atoms. The minimum absolute atomic E-state index is 0.0223. The summed E-state index contributed by atoms with van der Waals surface area (Å²) in [6.07, 6.45) is 0. The summed E-state index contributed by atoms with van der Waals surface area (Å²) in [4.78, 5) is 12.5. The molecule has 1 saturated heterocycles. The maximum Gasteiger partial charge on any atom is 0.269 e. The van der Waals surface area contributed by atoms with Crippen LogP contribution in [0.4, 0.5) is 22.7 Å². The number of azo groups is 1. The van der Waals surface area contributed by atoms with Crippen LogP contribution in [0.1, 0.15) is 0 Å². The van der Waals surface area contributed by atoms with Gasteiger partial charge >= 0.3 is 0 Å². The highest BCUT2D eigenvalue weighted by atomic mass is 16.6. The monoisotopic (exact) mass is 444 g/mol. The average Bonchev–Trinajstić information content (AvgIpc) is 2.83. The number of nitro groups is 1. The Labute approximate surface area is 186 Å². The van der Waals surface area contributed by atoms with Crippen LogP contribution in [0.3, 0.4) is 0 Å². The summed E-state index contributed by atoms with van der Waals surface area (Å²) in [5.41, 5.74) is 2.29. The van der Waals surface area contributed by atoms with Crippen LogP contribution in [0, 0.1) is 10.1 Å². The van der Waals surface area contributed by atoms with Gasteiger partial charge in [-0.1, -0.05) is 0 Å². The Kier molecular flexibility index (Phi) is 10.0. The zero-order chi connectivity index (χ0) is 22.4. The first-order chi connectivity index (χ1) is 15.7. The summed E-state index contributed by atoms with van der Waals surface area (Å²) in [7, 11) is 0. The molecule has 0 N–H and O–H groups in total. The van der Waals surface area contributed by atoms with E-state index in [9.17, 15) is 10.1 Å². The first kappa shape index (κ1) is 23.7. The third kappa shape index (κ3) is 8.31. The van der Waals surface area contributed by atoms with E-state index in [4.69, 9.17) is 18.9 Å². The minimum Gasteiger partial charge on any atom is -0.377 e. The molecule has 1 aliphatic rings. The summed E-state index contributed by atoms with van der Waals surface area (Å²) in [6.45, 7) is 5.93. The summed E-state index contributed by atoms with van der Waals surface area (Å²) >= 11 is 0. The number of nitrogens with zero attached hydrogens (tertiary/aromatic N) is 4. The molecule has 1 fully saturated rings. The van der Waals surface area contributed by atoms with Crippen molar-refractivity contribution in [3.05, 3.63) is 58.6 Å². The molecule has 10 nitrogen and oxygen atoms in total. The SMILES string of the molecule is O=[N+]([O-])c1ccc(N=Nc2ccc(N3CCOCCOCCOCCOCC3)cc2)cc1. The van der Waals surface area contributed by atoms with Gasteiger partial charge < -0.3 is 23.8 Å². The zero-order valence-electron chi connectivity index (χ0n) is 17.9. The molecule has 0 saturated carbocycles. The van der Waals surface area contributed by atoms with Crippen LogP contribution >= 0.6 is 0 Å². The van der Waals surface area contributed by atoms with Gasteiger partial charge in [-0.15, -0.1) is 0 Å². The fourth-order valence-corrected chi connectivity index (χ4v) is 2.97. The lowest BCUT2D eigenvalue weighted by Gasteiger charge is -2.25. The second-order valence-electron chi connectivity index (χ2n) is 6.93. The third-order valence-corrected chi connectivity index (χ3v) is 4.68. The van der Waals surface area contributed by atoms with Gasteiger partial charge in [-0.3, -0.25) is 10.1 Å². The number of hydrogen-bond donors (Lipinski definition) is 0. The van der Waals surface area contributed by atoms with Crippen molar-refractivity contribution < 1.29 is 23.9 Å². The van der Waals surface area contributed by atoms with E-state index in [0.717, 1.165) is 18.8 Å². The van der Waals surface area contributed by atoms with Gasteiger partial charge in [0.05, 0.1) is 69.2 Å². The van der Waals surface area contributed by atoms with Crippen LogP contribution in [-0.2, 0) is 18.9 Å². The van der Waals surface area contributed by atoms with Crippen LogP contribution in [0.5, 0.6) is 0 Å². The van der Waals surface area contributed by atoms with Gasteiger partial charge in [-0.05, 0) is 36.4 Å². The van der Waals surface area contributed by atoms with E-state index in [1.54, 1.807) is 12.1 Å². The number of benzene rings is 2. The quantitative estimate of drug-likeness (QED) is 0.400. The molecule has 0 atom stereocenters. The van der Waals surface area contributed by atoms with E-state index in [-0.39, 0.29) is 5.69 Å². The van der Waals surface area contributed by atoms with Crippen molar-refractivity contribution in [2.24, 2.45) is 10.2 Å². The molecule has 0 amide bonds. The molecule has 3 rings (SSSR count). The molecule has 1 heterocycles. The highest BCUT2D eigenvalue weighted by Crippen LogP contribution is 2.23. The highest BCUT2D eigenvalue weighted by Gasteiger charge is 2.08. The predicted molar refractivity (Wildman–Crippen MR) is 119 cm³/mol. The smallest absolute Gasteiger partial charge is 0.269 e. The summed E-state index contributed by atoms with van der Waals surface area (Å²) in [6, 6.07) is 13.6. The lowest BCUT2D eigenvalue weighted by Crippen LogP contribution is -2.31. The molecule has 0 unspecified atom stereocenters. The van der Waals surface area contributed by atoms with Gasteiger partial charge in [0, 0.05) is 30.9 Å². The van der Waals surface area contributed by atoms with Gasteiger partial charge in [0.1, 0.15) is 0 Å². The minimum atomic E-state index is -0.445. The Morgan fingerprint density at radius 3 is 1.50 bits per heavy atom. The van der Waals surface area contributed by atoms with Gasteiger partial charge in [0.2, 0.25) is 0 Å². The fourth-order valence-electron chi connectivity index (χ4n) is 2.97. The van der Waals surface area contributed by atoms with Crippen LogP contribution in [0.15, 0.2) is 58.8 Å². The maximum absolute atomic E-state index is 10.7. The Bertz CT molecular complexity index is 829. The number of non-ortho nitro benzene ring substituents is 1. The number of hydrogen-bond acceptors (Lipinski definition) is 9. The Hall–Kier alpha value is -2.92. The van der Waals surface area contributed by atoms with Crippen molar-refractivity contribution in [2.75, 3.05) is 70.8 Å². The van der Waals surface area contributed by atoms with E-state index in [0.29, 0.717) is 64.2 Å². The number of ether oxygens (including phenoxy) is 4. The molecule has 0 aromatic heterocycles. The van der Waals surface area contributed by atoms with Crippen molar-refractivity contribution in [1.82, 2.24) is 0 Å². The van der Waals surface area contributed by atoms with Gasteiger partial charge in [-0.2, -0.15) is 10.2 Å². The van der Waals surface area contributed by atoms with Crippen molar-refractivity contribution in [3.63, 3.8) is 0 Å². The first-order valence-electron chi connectivity index (χ1n) is 10.5. The molecule has 10 heteroatoms. The van der Waals surface area contributed by atoms with Gasteiger partial charge in [-0.25, -0.2) is 0 Å². The lowest BCUT2D eigenvalue weighted by atomic mass is 10.2. The van der Waals surface area contributed by atoms with E-state index in [1.165, 1.54) is 12.1 Å². The molecular formula is C22H28N4O6. The molecule has 0 aliphatic carbocycles. The van der Waals surface area contributed by atoms with E-state index >= 15 is 0 Å². The lowest BCUT2D eigenvalue weighted by molar-refractivity contribution is -0.384. The standard InChI is InChI=1S/C22H28N4O6/c27-26(28)22-7-3-20(4-8-22)24-23-19-1-5-21(6-2-19)25-9-11-29-13-15-31-17-18-32-16-14-30-12-10-25/h1-8H,9-18H2. The first-order valence-corrected chi connectivity index (χ1v) is 10.5. The molecule has 2 aromatic rings.